The van der Waals surface area contributed by atoms with Gasteiger partial charge in [0.1, 0.15) is 6.61 Å². The van der Waals surface area contributed by atoms with E-state index in [4.69, 9.17) is 4.74 Å². The van der Waals surface area contributed by atoms with Gasteiger partial charge in [0.2, 0.25) is 5.91 Å². The van der Waals surface area contributed by atoms with Gasteiger partial charge < -0.3 is 9.64 Å². The lowest BCUT2D eigenvalue weighted by molar-refractivity contribution is -0.130. The molecule has 0 unspecified atom stereocenters. The molecule has 1 aromatic carbocycles. The molecule has 0 radical (unpaired) electrons. The van der Waals surface area contributed by atoms with Crippen molar-refractivity contribution < 1.29 is 19.1 Å². The third kappa shape index (κ3) is 3.75. The molecule has 3 rings (SSSR count). The zero-order valence-electron chi connectivity index (χ0n) is 13.6. The smallest absolute Gasteiger partial charge is 0.410 e. The van der Waals surface area contributed by atoms with Crippen LogP contribution < -0.4 is 0 Å². The Balaban J connectivity index is 1.41. The molecule has 2 aliphatic heterocycles. The van der Waals surface area contributed by atoms with Crippen LogP contribution in [-0.4, -0.2) is 59.9 Å². The molecule has 0 N–H and O–H groups in total. The van der Waals surface area contributed by atoms with Crippen LogP contribution in [-0.2, 0) is 9.53 Å². The molecule has 1 aromatic rings. The highest BCUT2D eigenvalue weighted by Gasteiger charge is 2.35. The van der Waals surface area contributed by atoms with Crippen molar-refractivity contribution in [3.63, 3.8) is 0 Å². The Morgan fingerprint density at radius 2 is 1.92 bits per heavy atom. The zero-order chi connectivity index (χ0) is 16.9. The van der Waals surface area contributed by atoms with Crippen LogP contribution in [0.4, 0.5) is 4.79 Å². The molecular weight excluding hydrogens is 308 g/mol. The Morgan fingerprint density at radius 3 is 2.62 bits per heavy atom. The van der Waals surface area contributed by atoms with Crippen molar-refractivity contribution in [1.82, 2.24) is 9.80 Å². The van der Waals surface area contributed by atoms with E-state index in [9.17, 15) is 14.4 Å². The number of nitrogens with zero attached hydrogens (tertiary/aromatic N) is 2. The Hall–Kier alpha value is -2.37. The summed E-state index contributed by atoms with van der Waals surface area (Å²) < 4.78 is 4.95. The van der Waals surface area contributed by atoms with Gasteiger partial charge in [-0.3, -0.25) is 14.5 Å². The number of carbonyl (C=O) groups is 3. The molecule has 2 heterocycles. The number of benzene rings is 1. The first-order chi connectivity index (χ1) is 11.6. The second kappa shape index (κ2) is 7.47. The predicted octanol–water partition coefficient (Wildman–Crippen LogP) is 2.09. The summed E-state index contributed by atoms with van der Waals surface area (Å²) in [7, 11) is 0. The lowest BCUT2D eigenvalue weighted by Gasteiger charge is -2.21. The number of cyclic esters (lactones) is 1. The second-order valence-corrected chi connectivity index (χ2v) is 6.23. The lowest BCUT2D eigenvalue weighted by Crippen LogP contribution is -2.39. The average Bonchev–Trinajstić information content (AvgIpc) is 3.24. The monoisotopic (exact) mass is 330 g/mol. The quantitative estimate of drug-likeness (QED) is 0.749. The van der Waals surface area contributed by atoms with Gasteiger partial charge in [0.15, 0.2) is 5.78 Å². The molecule has 2 aliphatic rings. The first-order valence-electron chi connectivity index (χ1n) is 8.44. The van der Waals surface area contributed by atoms with Crippen molar-refractivity contribution in [3.8, 4) is 0 Å². The van der Waals surface area contributed by atoms with Gasteiger partial charge in [0.25, 0.3) is 0 Å². The minimum Gasteiger partial charge on any atom is -0.448 e. The first kappa shape index (κ1) is 16.5. The number of hydrogen-bond donors (Lipinski definition) is 0. The van der Waals surface area contributed by atoms with Crippen molar-refractivity contribution in [2.45, 2.75) is 31.7 Å². The Labute approximate surface area is 141 Å². The van der Waals surface area contributed by atoms with Gasteiger partial charge in [0.05, 0.1) is 12.6 Å². The number of amides is 2. The van der Waals surface area contributed by atoms with Gasteiger partial charge in [0, 0.05) is 31.5 Å². The van der Waals surface area contributed by atoms with E-state index in [0.717, 1.165) is 6.42 Å². The van der Waals surface area contributed by atoms with Crippen LogP contribution in [0.1, 0.15) is 36.0 Å². The molecule has 2 amide bonds. The van der Waals surface area contributed by atoms with Crippen LogP contribution in [0.15, 0.2) is 30.3 Å². The maximum Gasteiger partial charge on any atom is 0.410 e. The number of Topliss-reactive ketones (excluding diaryl/α,β-unsaturated/α-hetero) is 1. The molecule has 2 fully saturated rings. The molecule has 1 atom stereocenters. The minimum absolute atomic E-state index is 0.0610. The average molecular weight is 330 g/mol. The van der Waals surface area contributed by atoms with Crippen LogP contribution in [0.3, 0.4) is 0 Å². The molecule has 128 valence electrons. The van der Waals surface area contributed by atoms with Crippen molar-refractivity contribution in [2.24, 2.45) is 0 Å². The SMILES string of the molecule is O=C(CCCC(=O)N1CC[C@H](N2CCOC2=O)C1)c1ccccc1. The van der Waals surface area contributed by atoms with E-state index in [1.807, 2.05) is 18.2 Å². The number of ketones is 1. The van der Waals surface area contributed by atoms with Crippen LogP contribution in [0.25, 0.3) is 0 Å². The fourth-order valence-corrected chi connectivity index (χ4v) is 3.29. The summed E-state index contributed by atoms with van der Waals surface area (Å²) in [5.41, 5.74) is 0.693. The van der Waals surface area contributed by atoms with E-state index in [0.29, 0.717) is 51.1 Å². The highest BCUT2D eigenvalue weighted by molar-refractivity contribution is 5.96. The number of carbonyl (C=O) groups excluding carboxylic acids is 3. The first-order valence-corrected chi connectivity index (χ1v) is 8.44. The number of hydrogen-bond acceptors (Lipinski definition) is 4. The van der Waals surface area contributed by atoms with Crippen molar-refractivity contribution in [2.75, 3.05) is 26.2 Å². The topological polar surface area (TPSA) is 66.9 Å². The van der Waals surface area contributed by atoms with Gasteiger partial charge in [-0.25, -0.2) is 4.79 Å². The summed E-state index contributed by atoms with van der Waals surface area (Å²) in [6.45, 7) is 2.28. The molecule has 0 bridgehead atoms. The van der Waals surface area contributed by atoms with Crippen molar-refractivity contribution >= 4 is 17.8 Å². The molecule has 6 nitrogen and oxygen atoms in total. The fourth-order valence-electron chi connectivity index (χ4n) is 3.29. The highest BCUT2D eigenvalue weighted by atomic mass is 16.6. The fraction of sp³-hybridized carbons (Fsp3) is 0.500. The predicted molar refractivity (Wildman–Crippen MR) is 87.7 cm³/mol. The van der Waals surface area contributed by atoms with E-state index < -0.39 is 0 Å². The molecule has 24 heavy (non-hydrogen) atoms. The van der Waals surface area contributed by atoms with Gasteiger partial charge in [-0.2, -0.15) is 0 Å². The maximum atomic E-state index is 12.3. The Bertz CT molecular complexity index is 617. The lowest BCUT2D eigenvalue weighted by atomic mass is 10.1. The van der Waals surface area contributed by atoms with Gasteiger partial charge in [-0.1, -0.05) is 30.3 Å². The van der Waals surface area contributed by atoms with Gasteiger partial charge >= 0.3 is 6.09 Å². The molecular formula is C18H22N2O4. The molecule has 6 heteroatoms. The Morgan fingerprint density at radius 1 is 1.12 bits per heavy atom. The van der Waals surface area contributed by atoms with Crippen molar-refractivity contribution in [1.29, 1.82) is 0 Å². The van der Waals surface area contributed by atoms with Crippen LogP contribution >= 0.6 is 0 Å². The van der Waals surface area contributed by atoms with Crippen LogP contribution in [0.2, 0.25) is 0 Å². The zero-order valence-corrected chi connectivity index (χ0v) is 13.6. The standard InChI is InChI=1S/C18H22N2O4/c21-16(14-5-2-1-3-6-14)7-4-8-17(22)19-10-9-15(13-19)20-11-12-24-18(20)23/h1-3,5-6,15H,4,7-13H2/t15-/m0/s1. The highest BCUT2D eigenvalue weighted by Crippen LogP contribution is 2.20. The molecule has 0 aliphatic carbocycles. The summed E-state index contributed by atoms with van der Waals surface area (Å²) >= 11 is 0. The third-order valence-corrected chi connectivity index (χ3v) is 4.64. The van der Waals surface area contributed by atoms with E-state index >= 15 is 0 Å². The minimum atomic E-state index is -0.275. The third-order valence-electron chi connectivity index (χ3n) is 4.64. The van der Waals surface area contributed by atoms with Gasteiger partial charge in [-0.05, 0) is 12.8 Å². The summed E-state index contributed by atoms with van der Waals surface area (Å²) in [4.78, 5) is 39.4. The van der Waals surface area contributed by atoms with E-state index in [-0.39, 0.29) is 23.8 Å². The molecule has 0 saturated carbocycles. The maximum absolute atomic E-state index is 12.3. The molecule has 0 aromatic heterocycles. The second-order valence-electron chi connectivity index (χ2n) is 6.23. The van der Waals surface area contributed by atoms with Crippen LogP contribution in [0.5, 0.6) is 0 Å². The van der Waals surface area contributed by atoms with E-state index in [1.165, 1.54) is 0 Å². The van der Waals surface area contributed by atoms with Crippen molar-refractivity contribution in [3.05, 3.63) is 35.9 Å². The largest absolute Gasteiger partial charge is 0.448 e. The van der Waals surface area contributed by atoms with E-state index in [2.05, 4.69) is 0 Å². The summed E-state index contributed by atoms with van der Waals surface area (Å²) in [5, 5.41) is 0. The molecule has 0 spiro atoms. The summed E-state index contributed by atoms with van der Waals surface area (Å²) in [6.07, 6.45) is 1.83. The summed E-state index contributed by atoms with van der Waals surface area (Å²) in [5.74, 6) is 0.133. The van der Waals surface area contributed by atoms with Crippen LogP contribution in [0, 0.1) is 0 Å². The van der Waals surface area contributed by atoms with Gasteiger partial charge in [-0.15, -0.1) is 0 Å². The number of likely N-dealkylation sites (tertiary alicyclic amines) is 1. The summed E-state index contributed by atoms with van der Waals surface area (Å²) in [6, 6.07) is 9.21. The Kier molecular flexibility index (Phi) is 5.13. The number of rotatable bonds is 6. The normalized spacial score (nSPS) is 20.3. The van der Waals surface area contributed by atoms with E-state index in [1.54, 1.807) is 21.9 Å². The molecule has 2 saturated heterocycles. The number of ether oxygens (including phenoxy) is 1.